The molecule has 1 aromatic heterocycles. The number of nitrogens with zero attached hydrogens (tertiary/aromatic N) is 2. The van der Waals surface area contributed by atoms with Crippen LogP contribution in [0.4, 0.5) is 0 Å². The van der Waals surface area contributed by atoms with Crippen molar-refractivity contribution in [2.24, 2.45) is 17.6 Å². The third kappa shape index (κ3) is 4.38. The number of para-hydroxylation sites is 3. The molecule has 2 N–H and O–H groups in total. The number of hydrogen-bond acceptors (Lipinski definition) is 3. The molecule has 0 aliphatic heterocycles. The Hall–Kier alpha value is -3.60. The SMILES string of the molecule is NC(=O)C(C1CCCCC1)(C1CCCCC1)n1c(-c2ccc(Oc3ccccc3)cc2)nc2ccccc21. The van der Waals surface area contributed by atoms with Crippen molar-refractivity contribution in [1.29, 1.82) is 0 Å². The zero-order valence-corrected chi connectivity index (χ0v) is 22.0. The van der Waals surface area contributed by atoms with Gasteiger partial charge in [0.05, 0.1) is 11.0 Å². The number of aromatic nitrogens is 2. The van der Waals surface area contributed by atoms with Gasteiger partial charge < -0.3 is 15.0 Å². The fourth-order valence-electron chi connectivity index (χ4n) is 7.19. The first-order valence-corrected chi connectivity index (χ1v) is 14.3. The van der Waals surface area contributed by atoms with Crippen LogP contribution in [0.1, 0.15) is 64.2 Å². The normalized spacial score (nSPS) is 17.5. The van der Waals surface area contributed by atoms with Crippen molar-refractivity contribution in [2.75, 3.05) is 0 Å². The lowest BCUT2D eigenvalue weighted by Crippen LogP contribution is -2.58. The number of nitrogens with two attached hydrogens (primary N) is 1. The summed E-state index contributed by atoms with van der Waals surface area (Å²) in [5, 5.41) is 0. The number of primary amides is 1. The Kier molecular flexibility index (Phi) is 6.92. The minimum absolute atomic E-state index is 0.190. The van der Waals surface area contributed by atoms with Gasteiger partial charge in [-0.05, 0) is 86.1 Å². The number of imidazole rings is 1. The first-order valence-electron chi connectivity index (χ1n) is 14.3. The molecule has 5 heteroatoms. The Balaban J connectivity index is 1.52. The summed E-state index contributed by atoms with van der Waals surface area (Å²) < 4.78 is 8.33. The third-order valence-corrected chi connectivity index (χ3v) is 8.87. The van der Waals surface area contributed by atoms with Gasteiger partial charge in [0.2, 0.25) is 5.91 Å². The maximum absolute atomic E-state index is 14.0. The number of benzene rings is 3. The summed E-state index contributed by atoms with van der Waals surface area (Å²) in [4.78, 5) is 19.1. The van der Waals surface area contributed by atoms with Crippen molar-refractivity contribution in [2.45, 2.75) is 69.7 Å². The highest BCUT2D eigenvalue weighted by Gasteiger charge is 2.53. The van der Waals surface area contributed by atoms with Crippen LogP contribution in [0.3, 0.4) is 0 Å². The van der Waals surface area contributed by atoms with Gasteiger partial charge in [0.25, 0.3) is 0 Å². The molecule has 3 aromatic carbocycles. The number of rotatable bonds is 7. The van der Waals surface area contributed by atoms with Crippen molar-refractivity contribution >= 4 is 16.9 Å². The Morgan fingerprint density at radius 2 is 1.29 bits per heavy atom. The molecule has 0 saturated heterocycles. The van der Waals surface area contributed by atoms with Gasteiger partial charge in [-0.25, -0.2) is 4.98 Å². The highest BCUT2D eigenvalue weighted by Crippen LogP contribution is 2.50. The van der Waals surface area contributed by atoms with Crippen LogP contribution in [0.5, 0.6) is 11.5 Å². The van der Waals surface area contributed by atoms with Gasteiger partial charge in [0.1, 0.15) is 22.9 Å². The van der Waals surface area contributed by atoms with Gasteiger partial charge in [0, 0.05) is 5.56 Å². The summed E-state index contributed by atoms with van der Waals surface area (Å²) >= 11 is 0. The van der Waals surface area contributed by atoms with Crippen LogP contribution in [0.15, 0.2) is 78.9 Å². The highest BCUT2D eigenvalue weighted by molar-refractivity contribution is 5.90. The summed E-state index contributed by atoms with van der Waals surface area (Å²) in [7, 11) is 0. The van der Waals surface area contributed by atoms with Crippen molar-refractivity contribution in [3.63, 3.8) is 0 Å². The van der Waals surface area contributed by atoms with Crippen LogP contribution >= 0.6 is 0 Å². The van der Waals surface area contributed by atoms with E-state index in [0.717, 1.165) is 85.3 Å². The van der Waals surface area contributed by atoms with E-state index < -0.39 is 5.54 Å². The van der Waals surface area contributed by atoms with Crippen molar-refractivity contribution in [3.8, 4) is 22.9 Å². The second-order valence-corrected chi connectivity index (χ2v) is 11.1. The van der Waals surface area contributed by atoms with Crippen LogP contribution < -0.4 is 10.5 Å². The van der Waals surface area contributed by atoms with E-state index in [-0.39, 0.29) is 17.7 Å². The largest absolute Gasteiger partial charge is 0.457 e. The summed E-state index contributed by atoms with van der Waals surface area (Å²) in [5.74, 6) is 2.64. The zero-order chi connectivity index (χ0) is 26.0. The highest BCUT2D eigenvalue weighted by atomic mass is 16.5. The fraction of sp³-hybridized carbons (Fsp3) is 0.394. The lowest BCUT2D eigenvalue weighted by atomic mass is 9.63. The first kappa shape index (κ1) is 24.7. The molecule has 4 aromatic rings. The van der Waals surface area contributed by atoms with Gasteiger partial charge in [0.15, 0.2) is 0 Å². The van der Waals surface area contributed by atoms with E-state index >= 15 is 0 Å². The molecule has 2 aliphatic rings. The Bertz CT molecular complexity index is 1360. The summed E-state index contributed by atoms with van der Waals surface area (Å²) in [6.45, 7) is 0. The number of fused-ring (bicyclic) bond motifs is 1. The molecule has 0 bridgehead atoms. The zero-order valence-electron chi connectivity index (χ0n) is 22.0. The molecule has 0 radical (unpaired) electrons. The molecule has 2 aliphatic carbocycles. The topological polar surface area (TPSA) is 70.1 Å². The van der Waals surface area contributed by atoms with Crippen LogP contribution in [-0.2, 0) is 10.3 Å². The molecule has 6 rings (SSSR count). The van der Waals surface area contributed by atoms with E-state index in [1.165, 1.54) is 12.8 Å². The quantitative estimate of drug-likeness (QED) is 0.277. The predicted molar refractivity (Wildman–Crippen MR) is 152 cm³/mol. The number of carbonyl (C=O) groups excluding carboxylic acids is 1. The molecule has 196 valence electrons. The Labute approximate surface area is 225 Å². The smallest absolute Gasteiger partial charge is 0.244 e. The van der Waals surface area contributed by atoms with E-state index in [0.29, 0.717) is 0 Å². The summed E-state index contributed by atoms with van der Waals surface area (Å²) in [6.07, 6.45) is 11.2. The standard InChI is InChI=1S/C33H37N3O2/c34-32(37)33(25-12-4-1-5-13-25,26-14-6-2-7-15-26)36-30-19-11-10-18-29(30)35-31(36)24-20-22-28(23-21-24)38-27-16-8-3-9-17-27/h3,8-11,16-23,25-26H,1-2,4-7,12-15H2,(H2,34,37). The van der Waals surface area contributed by atoms with Crippen LogP contribution in [0.2, 0.25) is 0 Å². The van der Waals surface area contributed by atoms with Gasteiger partial charge >= 0.3 is 0 Å². The van der Waals surface area contributed by atoms with Gasteiger partial charge in [-0.1, -0.05) is 68.9 Å². The Morgan fingerprint density at radius 1 is 0.737 bits per heavy atom. The van der Waals surface area contributed by atoms with E-state index in [9.17, 15) is 4.79 Å². The molecular weight excluding hydrogens is 470 g/mol. The van der Waals surface area contributed by atoms with Gasteiger partial charge in [-0.3, -0.25) is 4.79 Å². The number of amides is 1. The van der Waals surface area contributed by atoms with E-state index in [4.69, 9.17) is 15.5 Å². The molecule has 0 unspecified atom stereocenters. The van der Waals surface area contributed by atoms with Crippen LogP contribution in [0, 0.1) is 11.8 Å². The van der Waals surface area contributed by atoms with Crippen molar-refractivity contribution < 1.29 is 9.53 Å². The fourth-order valence-corrected chi connectivity index (χ4v) is 7.19. The first-order chi connectivity index (χ1) is 18.7. The van der Waals surface area contributed by atoms with E-state index in [2.05, 4.69) is 34.9 Å². The minimum Gasteiger partial charge on any atom is -0.457 e. The lowest BCUT2D eigenvalue weighted by molar-refractivity contribution is -0.135. The maximum Gasteiger partial charge on any atom is 0.244 e. The summed E-state index contributed by atoms with van der Waals surface area (Å²) in [5.41, 5.74) is 8.66. The molecular formula is C33H37N3O2. The second kappa shape index (κ2) is 10.6. The van der Waals surface area contributed by atoms with E-state index in [1.807, 2.05) is 48.5 Å². The molecule has 1 heterocycles. The number of hydrogen-bond donors (Lipinski definition) is 1. The van der Waals surface area contributed by atoms with Crippen LogP contribution in [-0.4, -0.2) is 15.5 Å². The molecule has 38 heavy (non-hydrogen) atoms. The number of ether oxygens (including phenoxy) is 1. The van der Waals surface area contributed by atoms with Gasteiger partial charge in [-0.15, -0.1) is 0 Å². The average Bonchev–Trinajstić information content (AvgIpc) is 3.35. The molecule has 0 atom stereocenters. The lowest BCUT2D eigenvalue weighted by Gasteiger charge is -2.48. The maximum atomic E-state index is 14.0. The van der Waals surface area contributed by atoms with Gasteiger partial charge in [-0.2, -0.15) is 0 Å². The molecule has 2 saturated carbocycles. The average molecular weight is 508 g/mol. The monoisotopic (exact) mass is 507 g/mol. The second-order valence-electron chi connectivity index (χ2n) is 11.1. The van der Waals surface area contributed by atoms with Crippen molar-refractivity contribution in [1.82, 2.24) is 9.55 Å². The molecule has 1 amide bonds. The number of carbonyl (C=O) groups is 1. The molecule has 2 fully saturated rings. The molecule has 0 spiro atoms. The minimum atomic E-state index is -0.786. The molecule has 5 nitrogen and oxygen atoms in total. The predicted octanol–water partition coefficient (Wildman–Crippen LogP) is 7.84. The van der Waals surface area contributed by atoms with Crippen molar-refractivity contribution in [3.05, 3.63) is 78.9 Å². The summed E-state index contributed by atoms with van der Waals surface area (Å²) in [6, 6.07) is 26.1. The third-order valence-electron chi connectivity index (χ3n) is 8.87. The van der Waals surface area contributed by atoms with E-state index in [1.54, 1.807) is 0 Å². The van der Waals surface area contributed by atoms with Crippen LogP contribution in [0.25, 0.3) is 22.4 Å². The Morgan fingerprint density at radius 3 is 1.89 bits per heavy atom.